The van der Waals surface area contributed by atoms with E-state index in [9.17, 15) is 0 Å². The minimum atomic E-state index is 0.699. The van der Waals surface area contributed by atoms with Gasteiger partial charge in [0.05, 0.1) is 28.0 Å². The molecule has 0 unspecified atom stereocenters. The quantitative estimate of drug-likeness (QED) is 0.789. The van der Waals surface area contributed by atoms with Gasteiger partial charge in [0.1, 0.15) is 5.82 Å². The average molecular weight is 325 g/mol. The highest BCUT2D eigenvalue weighted by Gasteiger charge is 2.09. The van der Waals surface area contributed by atoms with Gasteiger partial charge >= 0.3 is 0 Å². The fourth-order valence-corrected chi connectivity index (χ4v) is 2.77. The molecule has 0 aliphatic carbocycles. The first-order valence-electron chi connectivity index (χ1n) is 7.08. The molecule has 0 aliphatic rings. The number of rotatable bonds is 7. The lowest BCUT2D eigenvalue weighted by atomic mass is 10.3. The number of halogens is 1. The summed E-state index contributed by atoms with van der Waals surface area (Å²) in [4.78, 5) is 11.2. The topological polar surface area (TPSA) is 41.1 Å². The number of anilines is 1. The maximum Gasteiger partial charge on any atom is 0.129 e. The van der Waals surface area contributed by atoms with Crippen LogP contribution in [0.4, 0.5) is 5.82 Å². The summed E-state index contributed by atoms with van der Waals surface area (Å²) < 4.78 is 0. The van der Waals surface area contributed by atoms with E-state index in [-0.39, 0.29) is 0 Å². The molecular formula is C15H21ClN4S. The highest BCUT2D eigenvalue weighted by Crippen LogP contribution is 2.20. The Morgan fingerprint density at radius 1 is 1.33 bits per heavy atom. The van der Waals surface area contributed by atoms with Crippen LogP contribution in [0.2, 0.25) is 5.02 Å². The lowest BCUT2D eigenvalue weighted by Gasteiger charge is -2.18. The summed E-state index contributed by atoms with van der Waals surface area (Å²) in [5.74, 6) is 0.915. The maximum absolute atomic E-state index is 6.21. The Balaban J connectivity index is 2.06. The van der Waals surface area contributed by atoms with Gasteiger partial charge in [-0.1, -0.05) is 18.5 Å². The third-order valence-electron chi connectivity index (χ3n) is 3.08. The highest BCUT2D eigenvalue weighted by molar-refractivity contribution is 7.09. The molecule has 21 heavy (non-hydrogen) atoms. The van der Waals surface area contributed by atoms with Gasteiger partial charge < -0.3 is 10.2 Å². The molecule has 0 bridgehead atoms. The molecule has 0 spiro atoms. The van der Waals surface area contributed by atoms with E-state index in [0.29, 0.717) is 11.6 Å². The molecule has 0 fully saturated rings. The largest absolute Gasteiger partial charge is 0.354 e. The molecule has 0 saturated heterocycles. The van der Waals surface area contributed by atoms with Crippen LogP contribution in [-0.4, -0.2) is 23.6 Å². The van der Waals surface area contributed by atoms with Crippen molar-refractivity contribution >= 4 is 28.8 Å². The fraction of sp³-hybridized carbons (Fsp3) is 0.467. The standard InChI is InChI=1S/C15H21ClN4S/c1-4-7-17-8-14-13(16)5-6-15(19-14)20(3)9-12-10-21-11(2)18-12/h5-6,10,17H,4,7-9H2,1-3H3. The molecule has 2 rings (SSSR count). The van der Waals surface area contributed by atoms with Gasteiger partial charge in [-0.3, -0.25) is 0 Å². The van der Waals surface area contributed by atoms with E-state index in [1.165, 1.54) is 0 Å². The number of aromatic nitrogens is 2. The van der Waals surface area contributed by atoms with Crippen LogP contribution in [0, 0.1) is 6.92 Å². The summed E-state index contributed by atoms with van der Waals surface area (Å²) in [5, 5.41) is 7.22. The molecule has 2 aromatic rings. The van der Waals surface area contributed by atoms with E-state index in [4.69, 9.17) is 11.6 Å². The third-order valence-corrected chi connectivity index (χ3v) is 4.25. The van der Waals surface area contributed by atoms with Gasteiger partial charge in [0.2, 0.25) is 0 Å². The van der Waals surface area contributed by atoms with Gasteiger partial charge in [-0.15, -0.1) is 11.3 Å². The molecule has 0 radical (unpaired) electrons. The van der Waals surface area contributed by atoms with Crippen molar-refractivity contribution in [3.05, 3.63) is 38.9 Å². The second-order valence-corrected chi connectivity index (χ2v) is 6.46. The Bertz CT molecular complexity index is 585. The maximum atomic E-state index is 6.21. The van der Waals surface area contributed by atoms with E-state index >= 15 is 0 Å². The number of thiazole rings is 1. The van der Waals surface area contributed by atoms with Gasteiger partial charge in [0.25, 0.3) is 0 Å². The monoisotopic (exact) mass is 324 g/mol. The van der Waals surface area contributed by atoms with Crippen LogP contribution in [0.5, 0.6) is 0 Å². The molecule has 0 amide bonds. The summed E-state index contributed by atoms with van der Waals surface area (Å²) in [7, 11) is 2.02. The van der Waals surface area contributed by atoms with E-state index in [0.717, 1.165) is 41.7 Å². The zero-order chi connectivity index (χ0) is 15.2. The van der Waals surface area contributed by atoms with Crippen molar-refractivity contribution in [2.45, 2.75) is 33.4 Å². The van der Waals surface area contributed by atoms with Crippen LogP contribution < -0.4 is 10.2 Å². The number of hydrogen-bond donors (Lipinski definition) is 1. The fourth-order valence-electron chi connectivity index (χ4n) is 2.00. The summed E-state index contributed by atoms with van der Waals surface area (Å²) >= 11 is 7.88. The molecule has 0 atom stereocenters. The Labute approximate surface area is 135 Å². The zero-order valence-electron chi connectivity index (χ0n) is 12.7. The number of nitrogens with zero attached hydrogens (tertiary/aromatic N) is 3. The Morgan fingerprint density at radius 3 is 2.81 bits per heavy atom. The average Bonchev–Trinajstić information content (AvgIpc) is 2.86. The first-order chi connectivity index (χ1) is 10.1. The Morgan fingerprint density at radius 2 is 2.14 bits per heavy atom. The molecular weight excluding hydrogens is 304 g/mol. The van der Waals surface area contributed by atoms with Crippen LogP contribution >= 0.6 is 22.9 Å². The van der Waals surface area contributed by atoms with E-state index in [1.54, 1.807) is 11.3 Å². The van der Waals surface area contributed by atoms with Crippen molar-refractivity contribution in [3.8, 4) is 0 Å². The molecule has 114 valence electrons. The van der Waals surface area contributed by atoms with Gasteiger partial charge in [-0.25, -0.2) is 9.97 Å². The molecule has 0 aromatic carbocycles. The smallest absolute Gasteiger partial charge is 0.129 e. The predicted octanol–water partition coefficient (Wildman–Crippen LogP) is 3.64. The van der Waals surface area contributed by atoms with Crippen LogP contribution in [0.15, 0.2) is 17.5 Å². The van der Waals surface area contributed by atoms with Crippen LogP contribution in [0.3, 0.4) is 0 Å². The van der Waals surface area contributed by atoms with Crippen LogP contribution in [0.1, 0.15) is 29.7 Å². The number of nitrogens with one attached hydrogen (secondary N) is 1. The molecule has 1 N–H and O–H groups in total. The van der Waals surface area contributed by atoms with E-state index in [1.807, 2.05) is 26.1 Å². The minimum Gasteiger partial charge on any atom is -0.354 e. The van der Waals surface area contributed by atoms with Gasteiger partial charge in [0.15, 0.2) is 0 Å². The van der Waals surface area contributed by atoms with Crippen molar-refractivity contribution in [1.82, 2.24) is 15.3 Å². The van der Waals surface area contributed by atoms with Gasteiger partial charge in [0, 0.05) is 19.0 Å². The highest BCUT2D eigenvalue weighted by atomic mass is 35.5. The Kier molecular flexibility index (Phi) is 5.96. The number of hydrogen-bond acceptors (Lipinski definition) is 5. The molecule has 6 heteroatoms. The first kappa shape index (κ1) is 16.2. The predicted molar refractivity (Wildman–Crippen MR) is 90.2 cm³/mol. The van der Waals surface area contributed by atoms with Crippen LogP contribution in [-0.2, 0) is 13.1 Å². The summed E-state index contributed by atoms with van der Waals surface area (Å²) in [6.45, 7) is 6.58. The normalized spacial score (nSPS) is 10.9. The number of aryl methyl sites for hydroxylation is 1. The third kappa shape index (κ3) is 4.66. The Hall–Kier alpha value is -1.17. The summed E-state index contributed by atoms with van der Waals surface area (Å²) in [6, 6.07) is 3.86. The first-order valence-corrected chi connectivity index (χ1v) is 8.34. The van der Waals surface area contributed by atoms with Crippen molar-refractivity contribution in [2.24, 2.45) is 0 Å². The van der Waals surface area contributed by atoms with Crippen molar-refractivity contribution in [2.75, 3.05) is 18.5 Å². The molecule has 0 aliphatic heterocycles. The lowest BCUT2D eigenvalue weighted by molar-refractivity contribution is 0.663. The summed E-state index contributed by atoms with van der Waals surface area (Å²) in [5.41, 5.74) is 1.96. The van der Waals surface area contributed by atoms with Gasteiger partial charge in [-0.05, 0) is 32.0 Å². The zero-order valence-corrected chi connectivity index (χ0v) is 14.3. The lowest BCUT2D eigenvalue weighted by Crippen LogP contribution is -2.20. The van der Waals surface area contributed by atoms with E-state index < -0.39 is 0 Å². The second-order valence-electron chi connectivity index (χ2n) is 4.99. The van der Waals surface area contributed by atoms with Crippen LogP contribution in [0.25, 0.3) is 0 Å². The van der Waals surface area contributed by atoms with Crippen molar-refractivity contribution < 1.29 is 0 Å². The molecule has 4 nitrogen and oxygen atoms in total. The SMILES string of the molecule is CCCNCc1nc(N(C)Cc2csc(C)n2)ccc1Cl. The van der Waals surface area contributed by atoms with Crippen molar-refractivity contribution in [1.29, 1.82) is 0 Å². The second kappa shape index (κ2) is 7.73. The number of pyridine rings is 1. The molecule has 0 saturated carbocycles. The molecule has 2 heterocycles. The van der Waals surface area contributed by atoms with E-state index in [2.05, 4.69) is 32.5 Å². The van der Waals surface area contributed by atoms with Crippen molar-refractivity contribution in [3.63, 3.8) is 0 Å². The minimum absolute atomic E-state index is 0.699. The summed E-state index contributed by atoms with van der Waals surface area (Å²) in [6.07, 6.45) is 1.10. The molecule has 2 aromatic heterocycles. The van der Waals surface area contributed by atoms with Gasteiger partial charge in [-0.2, -0.15) is 0 Å².